The van der Waals surface area contributed by atoms with Crippen LogP contribution in [0.1, 0.15) is 24.0 Å². The van der Waals surface area contributed by atoms with E-state index in [1.807, 2.05) is 24.3 Å². The van der Waals surface area contributed by atoms with E-state index in [0.29, 0.717) is 44.5 Å². The number of carbonyl (C=O) groups excluding carboxylic acids is 3. The number of likely N-dealkylation sites (tertiary alicyclic amines) is 1. The zero-order valence-electron chi connectivity index (χ0n) is 24.0. The zero-order valence-corrected chi connectivity index (χ0v) is 26.4. The van der Waals surface area contributed by atoms with Gasteiger partial charge in [0.15, 0.2) is 11.9 Å². The molecular formula is C30H28Cl2N6O6S. The molecule has 0 spiro atoms. The number of nitrogens with zero attached hydrogens (tertiary/aromatic N) is 5. The lowest BCUT2D eigenvalue weighted by Gasteiger charge is -2.37. The van der Waals surface area contributed by atoms with Gasteiger partial charge in [-0.05, 0) is 58.7 Å². The largest absolute Gasteiger partial charge is 0.591 e. The molecule has 0 aliphatic carbocycles. The Morgan fingerprint density at radius 2 is 1.89 bits per heavy atom. The summed E-state index contributed by atoms with van der Waals surface area (Å²) < 4.78 is 19.9. The molecule has 2 heterocycles. The number of hydrogen-bond donors (Lipinski definition) is 2. The third-order valence-corrected chi connectivity index (χ3v) is 7.89. The summed E-state index contributed by atoms with van der Waals surface area (Å²) in [4.78, 5) is 49.7. The summed E-state index contributed by atoms with van der Waals surface area (Å²) in [5.74, 6) is 5.58. The van der Waals surface area contributed by atoms with Gasteiger partial charge in [0.2, 0.25) is 0 Å². The Morgan fingerprint density at radius 1 is 1.18 bits per heavy atom. The van der Waals surface area contributed by atoms with Gasteiger partial charge in [-0.15, -0.1) is 0 Å². The lowest BCUT2D eigenvalue weighted by atomic mass is 10.0. The van der Waals surface area contributed by atoms with E-state index in [4.69, 9.17) is 27.9 Å². The minimum atomic E-state index is -1.44. The molecule has 2 aromatic rings. The van der Waals surface area contributed by atoms with Crippen LogP contribution in [0.25, 0.3) is 0 Å². The van der Waals surface area contributed by atoms with Crippen LogP contribution in [-0.4, -0.2) is 93.1 Å². The molecule has 2 N–H and O–H groups in total. The fourth-order valence-electron chi connectivity index (χ4n) is 4.79. The monoisotopic (exact) mass is 670 g/mol. The molecule has 0 saturated carbocycles. The number of ether oxygens (including phenoxy) is 1. The number of hydrogen-bond acceptors (Lipinski definition) is 8. The molecule has 4 rings (SSSR count). The molecule has 2 aliphatic heterocycles. The second kappa shape index (κ2) is 16.2. The van der Waals surface area contributed by atoms with Gasteiger partial charge in [-0.3, -0.25) is 4.79 Å². The van der Waals surface area contributed by atoms with Gasteiger partial charge in [0.1, 0.15) is 23.5 Å². The van der Waals surface area contributed by atoms with Crippen LogP contribution in [0.5, 0.6) is 5.75 Å². The Labute approximate surface area is 272 Å². The number of piperidine rings is 1. The molecule has 1 unspecified atom stereocenters. The van der Waals surface area contributed by atoms with Crippen LogP contribution in [0, 0.1) is 0 Å². The first-order valence-electron chi connectivity index (χ1n) is 13.7. The maximum Gasteiger partial charge on any atom is 0.410 e. The van der Waals surface area contributed by atoms with E-state index < -0.39 is 29.5 Å². The zero-order chi connectivity index (χ0) is 32.3. The highest BCUT2D eigenvalue weighted by Gasteiger charge is 2.33. The van der Waals surface area contributed by atoms with Gasteiger partial charge < -0.3 is 29.5 Å². The van der Waals surface area contributed by atoms with Crippen LogP contribution in [0.4, 0.5) is 15.3 Å². The van der Waals surface area contributed by atoms with Crippen LogP contribution in [-0.2, 0) is 33.7 Å². The Kier molecular flexibility index (Phi) is 12.1. The standard InChI is InChI=1S/C30H28Cl2N6O6S/c1-45(43)35-13-12-33-10-4-11-34-28(40)26(19-20-17-23(31)27(39)24(32)18-20)44-30(42)37-14-8-22(9-15-37)38-16-7-21-5-2-3-6-25(21)36-29(38)41/h2-3,5-6,10,17-18,22,26,39H,7-9,14-16,19H2,1H3,(H,36,41)/t26-,45?/m1/s1. The average Bonchev–Trinajstić information content (AvgIpc) is 3.18. The van der Waals surface area contributed by atoms with Gasteiger partial charge in [0.25, 0.3) is 5.91 Å². The van der Waals surface area contributed by atoms with E-state index >= 15 is 0 Å². The molecule has 0 aromatic heterocycles. The molecule has 12 nitrogen and oxygen atoms in total. The number of para-hydroxylation sites is 1. The molecule has 15 heteroatoms. The average molecular weight is 672 g/mol. The number of benzene rings is 2. The van der Waals surface area contributed by atoms with E-state index in [1.165, 1.54) is 23.3 Å². The van der Waals surface area contributed by atoms with Crippen molar-refractivity contribution in [3.8, 4) is 5.75 Å². The maximum atomic E-state index is 13.2. The quantitative estimate of drug-likeness (QED) is 0.253. The molecular weight excluding hydrogens is 643 g/mol. The lowest BCUT2D eigenvalue weighted by molar-refractivity contribution is -0.126. The summed E-state index contributed by atoms with van der Waals surface area (Å²) in [6.07, 6.45) is 1.94. The normalized spacial score (nSPS) is 15.8. The van der Waals surface area contributed by atoms with Gasteiger partial charge in [-0.25, -0.2) is 9.59 Å². The lowest BCUT2D eigenvalue weighted by Crippen LogP contribution is -2.50. The van der Waals surface area contributed by atoms with Gasteiger partial charge in [0, 0.05) is 43.7 Å². The second-order valence-corrected chi connectivity index (χ2v) is 11.8. The van der Waals surface area contributed by atoms with E-state index in [-0.39, 0.29) is 34.3 Å². The Balaban J connectivity index is 1.43. The molecule has 45 heavy (non-hydrogen) atoms. The summed E-state index contributed by atoms with van der Waals surface area (Å²) in [6.45, 7) is 1.18. The summed E-state index contributed by atoms with van der Waals surface area (Å²) in [5.41, 5.74) is 4.69. The Morgan fingerprint density at radius 3 is 2.60 bits per heavy atom. The first kappa shape index (κ1) is 33.6. The number of phenolic OH excluding ortho intramolecular Hbond substituents is 1. The molecule has 1 saturated heterocycles. The number of aliphatic imine (C=N–C) groups is 2. The van der Waals surface area contributed by atoms with E-state index in [0.717, 1.165) is 17.5 Å². The number of rotatable bonds is 7. The second-order valence-electron chi connectivity index (χ2n) is 9.94. The number of aromatic hydroxyl groups is 1. The van der Waals surface area contributed by atoms with E-state index in [9.17, 15) is 24.0 Å². The number of halogens is 2. The number of phenols is 1. The molecule has 0 radical (unpaired) electrons. The highest BCUT2D eigenvalue weighted by Crippen LogP contribution is 2.33. The molecule has 4 amide bonds. The number of urea groups is 1. The fraction of sp³-hybridized carbons (Fsp3) is 0.333. The molecule has 0 bridgehead atoms. The highest BCUT2D eigenvalue weighted by atomic mass is 35.5. The Bertz CT molecular complexity index is 1630. The highest BCUT2D eigenvalue weighted by molar-refractivity contribution is 7.89. The summed E-state index contributed by atoms with van der Waals surface area (Å²) in [6, 6.07) is 10.2. The third kappa shape index (κ3) is 9.61. The van der Waals surface area contributed by atoms with Crippen molar-refractivity contribution < 1.29 is 28.8 Å². The van der Waals surface area contributed by atoms with Crippen molar-refractivity contribution in [2.75, 3.05) is 31.2 Å². The van der Waals surface area contributed by atoms with Gasteiger partial charge in [-0.1, -0.05) is 41.4 Å². The van der Waals surface area contributed by atoms with Gasteiger partial charge in [-0.2, -0.15) is 9.98 Å². The van der Waals surface area contributed by atoms with Crippen molar-refractivity contribution in [3.05, 3.63) is 69.5 Å². The molecule has 2 aromatic carbocycles. The van der Waals surface area contributed by atoms with Crippen LogP contribution < -0.4 is 5.32 Å². The summed E-state index contributed by atoms with van der Waals surface area (Å²) in [5, 5.41) is 12.8. The van der Waals surface area contributed by atoms with Crippen molar-refractivity contribution in [3.63, 3.8) is 0 Å². The molecule has 2 aliphatic rings. The van der Waals surface area contributed by atoms with Crippen LogP contribution in [0.2, 0.25) is 10.0 Å². The number of anilines is 1. The SMILES string of the molecule is C[S+]([O-])N=C=C=NC=C=C=NC(=O)[C@@H](Cc1cc(Cl)c(O)c(Cl)c1)OC(=O)N1CCC(N2CCc3ccccc3NC2=O)CC1. The van der Waals surface area contributed by atoms with Crippen molar-refractivity contribution in [1.29, 1.82) is 0 Å². The predicted octanol–water partition coefficient (Wildman–Crippen LogP) is 4.36. The molecule has 1 fully saturated rings. The van der Waals surface area contributed by atoms with Gasteiger partial charge >= 0.3 is 12.1 Å². The smallest absolute Gasteiger partial charge is 0.410 e. The van der Waals surface area contributed by atoms with Crippen LogP contribution in [0.3, 0.4) is 0 Å². The molecule has 2 atom stereocenters. The minimum absolute atomic E-state index is 0.0366. The van der Waals surface area contributed by atoms with Gasteiger partial charge in [0.05, 0.1) is 22.1 Å². The summed E-state index contributed by atoms with van der Waals surface area (Å²) >= 11 is 10.6. The minimum Gasteiger partial charge on any atom is -0.591 e. The number of nitrogens with one attached hydrogen (secondary N) is 1. The maximum absolute atomic E-state index is 13.2. The molecule has 234 valence electrons. The van der Waals surface area contributed by atoms with Crippen molar-refractivity contribution in [1.82, 2.24) is 9.80 Å². The van der Waals surface area contributed by atoms with Crippen LogP contribution >= 0.6 is 23.2 Å². The predicted molar refractivity (Wildman–Crippen MR) is 172 cm³/mol. The number of carbonyl (C=O) groups is 3. The Hall–Kier alpha value is -4.27. The van der Waals surface area contributed by atoms with Crippen molar-refractivity contribution >= 4 is 75.9 Å². The van der Waals surface area contributed by atoms with Crippen molar-refractivity contribution in [2.45, 2.75) is 37.8 Å². The first-order valence-corrected chi connectivity index (χ1v) is 16.0. The third-order valence-electron chi connectivity index (χ3n) is 6.97. The number of amides is 4. The summed E-state index contributed by atoms with van der Waals surface area (Å²) in [7, 11) is 0. The van der Waals surface area contributed by atoms with Crippen molar-refractivity contribution in [2.24, 2.45) is 14.4 Å². The number of fused-ring (bicyclic) bond motifs is 1. The fourth-order valence-corrected chi connectivity index (χ4v) is 5.49. The first-order chi connectivity index (χ1) is 21.6. The van der Waals surface area contributed by atoms with Crippen LogP contribution in [0.15, 0.2) is 62.7 Å². The topological polar surface area (TPSA) is 159 Å². The van der Waals surface area contributed by atoms with E-state index in [1.54, 1.807) is 4.90 Å². The van der Waals surface area contributed by atoms with E-state index in [2.05, 4.69) is 43.0 Å².